The summed E-state index contributed by atoms with van der Waals surface area (Å²) in [6.45, 7) is 4.00. The number of nitrogens with one attached hydrogen (secondary N) is 2. The number of hydrogen-bond acceptors (Lipinski definition) is 8. The molecule has 41 heavy (non-hydrogen) atoms. The summed E-state index contributed by atoms with van der Waals surface area (Å²) in [7, 11) is 0. The molecule has 1 aliphatic rings. The molecular formula is C29H28FN5O4S2. The van der Waals surface area contributed by atoms with Gasteiger partial charge >= 0.3 is 5.97 Å². The molecule has 2 aromatic carbocycles. The Morgan fingerprint density at radius 3 is 2.73 bits per heavy atom. The number of ether oxygens (including phenoxy) is 1. The topological polar surface area (TPSA) is 115 Å². The van der Waals surface area contributed by atoms with Crippen molar-refractivity contribution in [2.24, 2.45) is 0 Å². The maximum atomic E-state index is 13.6. The molecule has 2 aromatic heterocycles. The maximum Gasteiger partial charge on any atom is 0.341 e. The van der Waals surface area contributed by atoms with E-state index >= 15 is 0 Å². The summed E-state index contributed by atoms with van der Waals surface area (Å²) >= 11 is 2.62. The third kappa shape index (κ3) is 6.49. The summed E-state index contributed by atoms with van der Waals surface area (Å²) in [5.41, 5.74) is 3.41. The first kappa shape index (κ1) is 28.5. The minimum atomic E-state index is -0.501. The lowest BCUT2D eigenvalue weighted by molar-refractivity contribution is -0.113. The Hall–Kier alpha value is -4.03. The summed E-state index contributed by atoms with van der Waals surface area (Å²) < 4.78 is 20.6. The number of halogens is 1. The lowest BCUT2D eigenvalue weighted by Crippen LogP contribution is -2.24. The van der Waals surface area contributed by atoms with Crippen LogP contribution >= 0.6 is 23.1 Å². The Kier molecular flexibility index (Phi) is 8.79. The number of thioether (sulfide) groups is 1. The van der Waals surface area contributed by atoms with E-state index in [2.05, 4.69) is 20.8 Å². The van der Waals surface area contributed by atoms with Crippen molar-refractivity contribution in [2.45, 2.75) is 44.8 Å². The van der Waals surface area contributed by atoms with Gasteiger partial charge in [-0.05, 0) is 74.6 Å². The van der Waals surface area contributed by atoms with Gasteiger partial charge in [-0.1, -0.05) is 30.0 Å². The average molecular weight is 594 g/mol. The van der Waals surface area contributed by atoms with Gasteiger partial charge in [0, 0.05) is 16.1 Å². The molecule has 0 saturated heterocycles. The van der Waals surface area contributed by atoms with Crippen LogP contribution in [0, 0.1) is 12.7 Å². The molecule has 4 aromatic rings. The Morgan fingerprint density at radius 1 is 1.12 bits per heavy atom. The molecule has 0 aliphatic heterocycles. The van der Waals surface area contributed by atoms with Crippen molar-refractivity contribution < 1.29 is 23.5 Å². The van der Waals surface area contributed by atoms with Crippen LogP contribution in [0.2, 0.25) is 0 Å². The summed E-state index contributed by atoms with van der Waals surface area (Å²) in [6, 6.07) is 13.1. The van der Waals surface area contributed by atoms with Crippen LogP contribution in [0.4, 0.5) is 9.39 Å². The summed E-state index contributed by atoms with van der Waals surface area (Å²) in [5, 5.41) is 15.2. The van der Waals surface area contributed by atoms with E-state index < -0.39 is 17.7 Å². The highest BCUT2D eigenvalue weighted by Crippen LogP contribution is 2.39. The summed E-state index contributed by atoms with van der Waals surface area (Å²) in [4.78, 5) is 39.4. The standard InChI is InChI=1S/C29H28FN5O4S2/c1-3-39-28(38)25-21-11-6-12-22(21)41-27(25)32-24(36)16-40-29-34-33-23(35(29)20-10-4-7-17(2)13-20)15-31-26(37)18-8-5-9-19(30)14-18/h4-5,7-10,13-14H,3,6,11-12,15-16H2,1-2H3,(H,31,37)(H,32,36). The number of aromatic nitrogens is 3. The van der Waals surface area contributed by atoms with Crippen molar-refractivity contribution in [1.29, 1.82) is 0 Å². The predicted octanol–water partition coefficient (Wildman–Crippen LogP) is 5.10. The average Bonchev–Trinajstić information content (AvgIpc) is 3.65. The van der Waals surface area contributed by atoms with E-state index in [9.17, 15) is 18.8 Å². The molecular weight excluding hydrogens is 565 g/mol. The number of anilines is 1. The first-order valence-electron chi connectivity index (χ1n) is 13.1. The number of carbonyl (C=O) groups excluding carboxylic acids is 3. The molecule has 12 heteroatoms. The van der Waals surface area contributed by atoms with Crippen LogP contribution in [-0.4, -0.2) is 44.9 Å². The van der Waals surface area contributed by atoms with Crippen molar-refractivity contribution >= 4 is 45.9 Å². The molecule has 0 bridgehead atoms. The molecule has 0 fully saturated rings. The van der Waals surface area contributed by atoms with Gasteiger partial charge in [0.05, 0.1) is 24.5 Å². The van der Waals surface area contributed by atoms with Gasteiger partial charge < -0.3 is 15.4 Å². The Bertz CT molecular complexity index is 1620. The second-order valence-corrected chi connectivity index (χ2v) is 11.4. The molecule has 0 atom stereocenters. The number of thiophene rings is 1. The molecule has 0 saturated carbocycles. The van der Waals surface area contributed by atoms with Gasteiger partial charge in [-0.15, -0.1) is 21.5 Å². The lowest BCUT2D eigenvalue weighted by Gasteiger charge is -2.12. The smallest absolute Gasteiger partial charge is 0.341 e. The minimum absolute atomic E-state index is 0.0183. The number of carbonyl (C=O) groups is 3. The number of fused-ring (bicyclic) bond motifs is 1. The zero-order chi connectivity index (χ0) is 28.9. The fraction of sp³-hybridized carbons (Fsp3) is 0.276. The van der Waals surface area contributed by atoms with Crippen LogP contribution < -0.4 is 10.6 Å². The van der Waals surface area contributed by atoms with Crippen molar-refractivity contribution in [2.75, 3.05) is 17.7 Å². The molecule has 2 heterocycles. The quantitative estimate of drug-likeness (QED) is 0.194. The third-order valence-corrected chi connectivity index (χ3v) is 8.58. The van der Waals surface area contributed by atoms with Crippen molar-refractivity contribution in [3.63, 3.8) is 0 Å². The number of hydrogen-bond donors (Lipinski definition) is 2. The number of benzene rings is 2. The van der Waals surface area contributed by atoms with E-state index in [4.69, 9.17) is 4.74 Å². The second-order valence-electron chi connectivity index (χ2n) is 9.39. The van der Waals surface area contributed by atoms with Gasteiger partial charge in [-0.3, -0.25) is 14.2 Å². The minimum Gasteiger partial charge on any atom is -0.462 e. The van der Waals surface area contributed by atoms with Crippen LogP contribution in [0.25, 0.3) is 5.69 Å². The number of aryl methyl sites for hydroxylation is 2. The van der Waals surface area contributed by atoms with Crippen molar-refractivity contribution in [3.8, 4) is 5.69 Å². The molecule has 9 nitrogen and oxygen atoms in total. The SMILES string of the molecule is CCOC(=O)c1c(NC(=O)CSc2nnc(CNC(=O)c3cccc(F)c3)n2-c2cccc(C)c2)sc2c1CCC2. The first-order chi connectivity index (χ1) is 19.8. The largest absolute Gasteiger partial charge is 0.462 e. The van der Waals surface area contributed by atoms with Gasteiger partial charge in [0.15, 0.2) is 11.0 Å². The normalized spacial score (nSPS) is 12.2. The zero-order valence-corrected chi connectivity index (χ0v) is 24.2. The fourth-order valence-electron chi connectivity index (χ4n) is 4.63. The predicted molar refractivity (Wildman–Crippen MR) is 155 cm³/mol. The van der Waals surface area contributed by atoms with Gasteiger partial charge in [-0.2, -0.15) is 0 Å². The molecule has 2 amide bonds. The Morgan fingerprint density at radius 2 is 1.95 bits per heavy atom. The van der Waals surface area contributed by atoms with E-state index in [1.54, 1.807) is 11.5 Å². The van der Waals surface area contributed by atoms with Crippen molar-refractivity contribution in [3.05, 3.63) is 87.3 Å². The lowest BCUT2D eigenvalue weighted by atomic mass is 10.1. The maximum absolute atomic E-state index is 13.6. The van der Waals surface area contributed by atoms with Gasteiger partial charge in [0.25, 0.3) is 5.91 Å². The number of nitrogens with zero attached hydrogens (tertiary/aromatic N) is 3. The van der Waals surface area contributed by atoms with Crippen LogP contribution in [0.1, 0.15) is 55.9 Å². The highest BCUT2D eigenvalue weighted by molar-refractivity contribution is 7.99. The fourth-order valence-corrected chi connectivity index (χ4v) is 6.69. The monoisotopic (exact) mass is 593 g/mol. The van der Waals surface area contributed by atoms with Crippen LogP contribution in [0.15, 0.2) is 53.7 Å². The van der Waals surface area contributed by atoms with E-state index in [1.807, 2.05) is 31.2 Å². The Labute approximate surface area is 244 Å². The summed E-state index contributed by atoms with van der Waals surface area (Å²) in [5.74, 6) is -1.19. The highest BCUT2D eigenvalue weighted by Gasteiger charge is 2.28. The van der Waals surface area contributed by atoms with Crippen LogP contribution in [-0.2, 0) is 28.9 Å². The van der Waals surface area contributed by atoms with E-state index in [0.29, 0.717) is 21.5 Å². The molecule has 5 rings (SSSR count). The number of esters is 1. The molecule has 0 radical (unpaired) electrons. The van der Waals surface area contributed by atoms with E-state index in [0.717, 1.165) is 47.0 Å². The highest BCUT2D eigenvalue weighted by atomic mass is 32.2. The van der Waals surface area contributed by atoms with Gasteiger partial charge in [0.2, 0.25) is 5.91 Å². The first-order valence-corrected chi connectivity index (χ1v) is 14.9. The van der Waals surface area contributed by atoms with Crippen molar-refractivity contribution in [1.82, 2.24) is 20.1 Å². The molecule has 0 spiro atoms. The second kappa shape index (κ2) is 12.6. The Balaban J connectivity index is 1.32. The third-order valence-electron chi connectivity index (χ3n) is 6.44. The van der Waals surface area contributed by atoms with E-state index in [1.165, 1.54) is 41.3 Å². The number of rotatable bonds is 10. The van der Waals surface area contributed by atoms with E-state index in [-0.39, 0.29) is 30.4 Å². The molecule has 1 aliphatic carbocycles. The summed E-state index contributed by atoms with van der Waals surface area (Å²) in [6.07, 6.45) is 2.66. The molecule has 0 unspecified atom stereocenters. The molecule has 212 valence electrons. The van der Waals surface area contributed by atoms with Crippen LogP contribution in [0.3, 0.4) is 0 Å². The number of amides is 2. The van der Waals surface area contributed by atoms with Gasteiger partial charge in [-0.25, -0.2) is 9.18 Å². The van der Waals surface area contributed by atoms with Gasteiger partial charge in [0.1, 0.15) is 10.8 Å². The van der Waals surface area contributed by atoms with Crippen LogP contribution in [0.5, 0.6) is 0 Å². The zero-order valence-electron chi connectivity index (χ0n) is 22.5. The molecule has 2 N–H and O–H groups in total.